The minimum atomic E-state index is 0.600. The quantitative estimate of drug-likeness (QED) is 0.440. The number of aromatic nitrogens is 4. The summed E-state index contributed by atoms with van der Waals surface area (Å²) in [6, 6.07) is 0. The van der Waals surface area contributed by atoms with Crippen LogP contribution < -0.4 is 0 Å². The average molecular weight is 96.1 g/mol. The molecule has 0 bridgehead atoms. The van der Waals surface area contributed by atoms with E-state index in [1.54, 1.807) is 6.92 Å². The normalized spacial score (nSPS) is 8.71. The largest absolute Gasteiger partial charge is 0.170 e. The van der Waals surface area contributed by atoms with Gasteiger partial charge in [0.15, 0.2) is 12.2 Å². The van der Waals surface area contributed by atoms with Crippen LogP contribution in [-0.2, 0) is 0 Å². The molecule has 36 valence electrons. The Morgan fingerprint density at radius 3 is 2.14 bits per heavy atom. The number of aryl methyl sites for hydroxylation is 1. The lowest BCUT2D eigenvalue weighted by molar-refractivity contribution is 0.806. The van der Waals surface area contributed by atoms with Gasteiger partial charge in [-0.2, -0.15) is 0 Å². The maximum absolute atomic E-state index is 3.56. The van der Waals surface area contributed by atoms with Crippen molar-refractivity contribution in [1.29, 1.82) is 0 Å². The van der Waals surface area contributed by atoms with Crippen molar-refractivity contribution in [2.24, 2.45) is 0 Å². The fourth-order valence-electron chi connectivity index (χ4n) is 0.262. The Bertz CT molecular complexity index is 137. The second-order valence-electron chi connectivity index (χ2n) is 1.09. The SMILES string of the molecule is Cc1nncnn1. The zero-order chi connectivity index (χ0) is 5.11. The molecule has 1 aromatic rings. The standard InChI is InChI=1S/C3H4N4/c1-3-6-4-2-5-7-3/h2H,1H3. The molecule has 0 aliphatic heterocycles. The van der Waals surface area contributed by atoms with E-state index in [-0.39, 0.29) is 0 Å². The molecule has 0 unspecified atom stereocenters. The van der Waals surface area contributed by atoms with Crippen LogP contribution in [0.4, 0.5) is 0 Å². The molecule has 7 heavy (non-hydrogen) atoms. The monoisotopic (exact) mass is 96.0 g/mol. The van der Waals surface area contributed by atoms with Crippen molar-refractivity contribution in [1.82, 2.24) is 20.4 Å². The van der Waals surface area contributed by atoms with Crippen LogP contribution in [0.5, 0.6) is 0 Å². The van der Waals surface area contributed by atoms with Crippen molar-refractivity contribution in [2.45, 2.75) is 6.92 Å². The molecule has 0 spiro atoms. The van der Waals surface area contributed by atoms with Gasteiger partial charge in [0, 0.05) is 0 Å². The highest BCUT2D eigenvalue weighted by atomic mass is 15.3. The van der Waals surface area contributed by atoms with Crippen LogP contribution in [-0.4, -0.2) is 20.4 Å². The van der Waals surface area contributed by atoms with Crippen molar-refractivity contribution in [3.05, 3.63) is 12.2 Å². The van der Waals surface area contributed by atoms with Gasteiger partial charge in [-0.05, 0) is 6.92 Å². The van der Waals surface area contributed by atoms with Crippen LogP contribution in [0.2, 0.25) is 0 Å². The second kappa shape index (κ2) is 1.59. The molecule has 1 aromatic heterocycles. The van der Waals surface area contributed by atoms with Crippen LogP contribution in [0.15, 0.2) is 6.33 Å². The maximum Gasteiger partial charge on any atom is 0.170 e. The van der Waals surface area contributed by atoms with Crippen molar-refractivity contribution < 1.29 is 0 Å². The van der Waals surface area contributed by atoms with Crippen molar-refractivity contribution in [3.63, 3.8) is 0 Å². The van der Waals surface area contributed by atoms with E-state index in [0.29, 0.717) is 5.82 Å². The fourth-order valence-corrected chi connectivity index (χ4v) is 0.262. The van der Waals surface area contributed by atoms with E-state index in [0.717, 1.165) is 0 Å². The van der Waals surface area contributed by atoms with Crippen LogP contribution in [0.3, 0.4) is 0 Å². The van der Waals surface area contributed by atoms with Crippen LogP contribution in [0.25, 0.3) is 0 Å². The summed E-state index contributed by atoms with van der Waals surface area (Å²) in [5.74, 6) is 0.600. The minimum absolute atomic E-state index is 0.600. The molecular weight excluding hydrogens is 92.1 g/mol. The molecule has 1 heterocycles. The molecule has 0 atom stereocenters. The van der Waals surface area contributed by atoms with Gasteiger partial charge in [0.25, 0.3) is 0 Å². The van der Waals surface area contributed by atoms with Crippen LogP contribution in [0.1, 0.15) is 5.82 Å². The third-order valence-electron chi connectivity index (χ3n) is 0.508. The minimum Gasteiger partial charge on any atom is -0.135 e. The Morgan fingerprint density at radius 1 is 1.29 bits per heavy atom. The summed E-state index contributed by atoms with van der Waals surface area (Å²) < 4.78 is 0. The highest BCUT2D eigenvalue weighted by Crippen LogP contribution is 1.69. The summed E-state index contributed by atoms with van der Waals surface area (Å²) in [5, 5.41) is 14.0. The number of hydrogen-bond acceptors (Lipinski definition) is 4. The lowest BCUT2D eigenvalue weighted by Gasteiger charge is -1.78. The molecule has 0 amide bonds. The Morgan fingerprint density at radius 2 is 1.86 bits per heavy atom. The summed E-state index contributed by atoms with van der Waals surface area (Å²) in [6.45, 7) is 1.74. The van der Waals surface area contributed by atoms with Crippen LogP contribution in [0, 0.1) is 6.92 Å². The molecule has 0 aromatic carbocycles. The molecule has 0 radical (unpaired) electrons. The van der Waals surface area contributed by atoms with Gasteiger partial charge in [-0.1, -0.05) is 0 Å². The Balaban J connectivity index is 3.02. The number of rotatable bonds is 0. The first kappa shape index (κ1) is 4.11. The predicted octanol–water partition coefficient (Wildman–Crippen LogP) is -0.425. The highest BCUT2D eigenvalue weighted by Gasteiger charge is 1.77. The first-order valence-corrected chi connectivity index (χ1v) is 1.86. The first-order chi connectivity index (χ1) is 3.39. The summed E-state index contributed by atoms with van der Waals surface area (Å²) in [7, 11) is 0. The third-order valence-corrected chi connectivity index (χ3v) is 0.508. The Labute approximate surface area is 40.6 Å². The molecular formula is C3H4N4. The van der Waals surface area contributed by atoms with E-state index in [1.807, 2.05) is 0 Å². The van der Waals surface area contributed by atoms with E-state index in [9.17, 15) is 0 Å². The highest BCUT2D eigenvalue weighted by molar-refractivity contribution is 4.65. The Kier molecular flexibility index (Phi) is 0.934. The molecule has 0 saturated heterocycles. The zero-order valence-electron chi connectivity index (χ0n) is 3.87. The summed E-state index contributed by atoms with van der Waals surface area (Å²) >= 11 is 0. The van der Waals surface area contributed by atoms with Crippen molar-refractivity contribution in [2.75, 3.05) is 0 Å². The van der Waals surface area contributed by atoms with Crippen LogP contribution >= 0.6 is 0 Å². The molecule has 1 rings (SSSR count). The summed E-state index contributed by atoms with van der Waals surface area (Å²) in [4.78, 5) is 0. The van der Waals surface area contributed by atoms with Gasteiger partial charge in [-0.25, -0.2) is 0 Å². The Hall–Kier alpha value is -1.06. The predicted molar refractivity (Wildman–Crippen MR) is 22.4 cm³/mol. The molecule has 0 N–H and O–H groups in total. The van der Waals surface area contributed by atoms with Gasteiger partial charge in [-0.15, -0.1) is 20.4 Å². The second-order valence-corrected chi connectivity index (χ2v) is 1.09. The zero-order valence-corrected chi connectivity index (χ0v) is 3.87. The molecule has 0 aliphatic rings. The topological polar surface area (TPSA) is 51.6 Å². The van der Waals surface area contributed by atoms with E-state index < -0.39 is 0 Å². The van der Waals surface area contributed by atoms with Crippen molar-refractivity contribution in [3.8, 4) is 0 Å². The third kappa shape index (κ3) is 0.887. The smallest absolute Gasteiger partial charge is 0.135 e. The van der Waals surface area contributed by atoms with Gasteiger partial charge in [0.05, 0.1) is 0 Å². The summed E-state index contributed by atoms with van der Waals surface area (Å²) in [6.07, 6.45) is 1.30. The molecule has 0 fully saturated rings. The lowest BCUT2D eigenvalue weighted by Crippen LogP contribution is -1.90. The number of hydrogen-bond donors (Lipinski definition) is 0. The fraction of sp³-hybridized carbons (Fsp3) is 0.333. The van der Waals surface area contributed by atoms with E-state index in [2.05, 4.69) is 20.4 Å². The number of nitrogens with zero attached hydrogens (tertiary/aromatic N) is 4. The van der Waals surface area contributed by atoms with Gasteiger partial charge >= 0.3 is 0 Å². The van der Waals surface area contributed by atoms with E-state index in [4.69, 9.17) is 0 Å². The molecule has 4 nitrogen and oxygen atoms in total. The first-order valence-electron chi connectivity index (χ1n) is 1.86. The van der Waals surface area contributed by atoms with Gasteiger partial charge < -0.3 is 0 Å². The average Bonchev–Trinajstić information content (AvgIpc) is 1.69. The summed E-state index contributed by atoms with van der Waals surface area (Å²) in [5.41, 5.74) is 0. The molecule has 4 heteroatoms. The van der Waals surface area contributed by atoms with Gasteiger partial charge in [0.1, 0.15) is 0 Å². The maximum atomic E-state index is 3.56. The lowest BCUT2D eigenvalue weighted by atomic mass is 10.8. The molecule has 0 aliphatic carbocycles. The van der Waals surface area contributed by atoms with E-state index in [1.165, 1.54) is 6.33 Å². The van der Waals surface area contributed by atoms with Crippen molar-refractivity contribution >= 4 is 0 Å². The van der Waals surface area contributed by atoms with Gasteiger partial charge in [-0.3, -0.25) is 0 Å². The molecule has 0 saturated carbocycles. The van der Waals surface area contributed by atoms with Gasteiger partial charge in [0.2, 0.25) is 0 Å². The van der Waals surface area contributed by atoms with E-state index >= 15 is 0 Å².